The van der Waals surface area contributed by atoms with Gasteiger partial charge in [-0.15, -0.1) is 0 Å². The molecule has 1 saturated heterocycles. The quantitative estimate of drug-likeness (QED) is 0.744. The summed E-state index contributed by atoms with van der Waals surface area (Å²) in [5.41, 5.74) is -0.0583. The van der Waals surface area contributed by atoms with E-state index in [1.165, 1.54) is 31.2 Å². The third-order valence-corrected chi connectivity index (χ3v) is 4.65. The van der Waals surface area contributed by atoms with Gasteiger partial charge in [-0.05, 0) is 42.3 Å². The number of ether oxygens (including phenoxy) is 1. The van der Waals surface area contributed by atoms with Crippen LogP contribution in [0.15, 0.2) is 48.5 Å². The van der Waals surface area contributed by atoms with Crippen molar-refractivity contribution in [1.29, 1.82) is 0 Å². The topological polar surface area (TPSA) is 87.7 Å². The van der Waals surface area contributed by atoms with Crippen LogP contribution >= 0.6 is 0 Å². The van der Waals surface area contributed by atoms with E-state index in [-0.39, 0.29) is 6.54 Å². The van der Waals surface area contributed by atoms with Crippen LogP contribution in [0.3, 0.4) is 0 Å². The van der Waals surface area contributed by atoms with E-state index < -0.39 is 35.7 Å². The zero-order valence-electron chi connectivity index (χ0n) is 15.5. The summed E-state index contributed by atoms with van der Waals surface area (Å²) in [6.45, 7) is 1.37. The lowest BCUT2D eigenvalue weighted by Crippen LogP contribution is -2.43. The standard InChI is InChI=1S/C20H20FN3O4/c1-20(14-5-7-15(21)8-6-14)18(26)24(19(27)23-20)12-17(25)22-11-13-3-9-16(28-2)10-4-13/h3-10H,11-12H2,1-2H3,(H,22,25)(H,23,27). The van der Waals surface area contributed by atoms with Crippen LogP contribution in [0.4, 0.5) is 9.18 Å². The third kappa shape index (κ3) is 3.80. The molecule has 1 aliphatic heterocycles. The molecule has 0 bridgehead atoms. The highest BCUT2D eigenvalue weighted by molar-refractivity contribution is 6.09. The molecule has 4 amide bonds. The van der Waals surface area contributed by atoms with E-state index in [1.54, 1.807) is 31.4 Å². The van der Waals surface area contributed by atoms with Gasteiger partial charge < -0.3 is 15.4 Å². The zero-order chi connectivity index (χ0) is 20.3. The lowest BCUT2D eigenvalue weighted by Gasteiger charge is -2.22. The maximum atomic E-state index is 13.1. The summed E-state index contributed by atoms with van der Waals surface area (Å²) < 4.78 is 18.2. The molecule has 7 nitrogen and oxygen atoms in total. The molecular formula is C20H20FN3O4. The number of benzene rings is 2. The van der Waals surface area contributed by atoms with Crippen LogP contribution in [0.2, 0.25) is 0 Å². The van der Waals surface area contributed by atoms with Crippen molar-refractivity contribution in [3.8, 4) is 5.75 Å². The number of carbonyl (C=O) groups is 3. The van der Waals surface area contributed by atoms with E-state index in [1.807, 2.05) is 0 Å². The fourth-order valence-electron chi connectivity index (χ4n) is 2.96. The Morgan fingerprint density at radius 3 is 2.39 bits per heavy atom. The van der Waals surface area contributed by atoms with Gasteiger partial charge in [0.15, 0.2) is 0 Å². The number of nitrogens with one attached hydrogen (secondary N) is 2. The largest absolute Gasteiger partial charge is 0.497 e. The predicted octanol–water partition coefficient (Wildman–Crippen LogP) is 1.92. The maximum absolute atomic E-state index is 13.1. The molecule has 1 unspecified atom stereocenters. The first-order valence-corrected chi connectivity index (χ1v) is 8.63. The maximum Gasteiger partial charge on any atom is 0.325 e. The summed E-state index contributed by atoms with van der Waals surface area (Å²) in [4.78, 5) is 38.1. The second kappa shape index (κ2) is 7.67. The smallest absolute Gasteiger partial charge is 0.325 e. The Kier molecular flexibility index (Phi) is 5.30. The van der Waals surface area contributed by atoms with Gasteiger partial charge in [-0.25, -0.2) is 9.18 Å². The Bertz CT molecular complexity index is 899. The molecular weight excluding hydrogens is 365 g/mol. The van der Waals surface area contributed by atoms with Gasteiger partial charge >= 0.3 is 6.03 Å². The van der Waals surface area contributed by atoms with Crippen molar-refractivity contribution in [2.75, 3.05) is 13.7 Å². The van der Waals surface area contributed by atoms with Crippen LogP contribution in [-0.4, -0.2) is 36.4 Å². The highest BCUT2D eigenvalue weighted by Crippen LogP contribution is 2.28. The van der Waals surface area contributed by atoms with Crippen molar-refractivity contribution in [3.63, 3.8) is 0 Å². The minimum Gasteiger partial charge on any atom is -0.497 e. The summed E-state index contributed by atoms with van der Waals surface area (Å²) in [5.74, 6) is -0.778. The third-order valence-electron chi connectivity index (χ3n) is 4.65. The second-order valence-electron chi connectivity index (χ2n) is 6.58. The minimum absolute atomic E-state index is 0.252. The number of nitrogens with zero attached hydrogens (tertiary/aromatic N) is 1. The van der Waals surface area contributed by atoms with Gasteiger partial charge in [0, 0.05) is 6.54 Å². The number of urea groups is 1. The first-order chi connectivity index (χ1) is 13.3. The number of imide groups is 1. The van der Waals surface area contributed by atoms with Gasteiger partial charge in [0.1, 0.15) is 23.7 Å². The van der Waals surface area contributed by atoms with Crippen molar-refractivity contribution in [2.24, 2.45) is 0 Å². The molecule has 1 aliphatic rings. The number of halogens is 1. The SMILES string of the molecule is COc1ccc(CNC(=O)CN2C(=O)NC(C)(c3ccc(F)cc3)C2=O)cc1. The van der Waals surface area contributed by atoms with Crippen molar-refractivity contribution >= 4 is 17.8 Å². The normalized spacial score (nSPS) is 18.8. The number of hydrogen-bond acceptors (Lipinski definition) is 4. The average Bonchev–Trinajstić information content (AvgIpc) is 2.91. The van der Waals surface area contributed by atoms with Crippen LogP contribution in [0.25, 0.3) is 0 Å². The van der Waals surface area contributed by atoms with Crippen molar-refractivity contribution < 1.29 is 23.5 Å². The highest BCUT2D eigenvalue weighted by atomic mass is 19.1. The molecule has 2 N–H and O–H groups in total. The van der Waals surface area contributed by atoms with Crippen LogP contribution in [-0.2, 0) is 21.7 Å². The highest BCUT2D eigenvalue weighted by Gasteiger charge is 2.49. The van der Waals surface area contributed by atoms with Gasteiger partial charge in [0.05, 0.1) is 7.11 Å². The minimum atomic E-state index is -1.35. The Hall–Kier alpha value is -3.42. The van der Waals surface area contributed by atoms with Gasteiger partial charge in [-0.2, -0.15) is 0 Å². The molecule has 28 heavy (non-hydrogen) atoms. The Morgan fingerprint density at radius 2 is 1.79 bits per heavy atom. The van der Waals surface area contributed by atoms with Gasteiger partial charge in [-0.3, -0.25) is 14.5 Å². The number of hydrogen-bond donors (Lipinski definition) is 2. The first kappa shape index (κ1) is 19.3. The van der Waals surface area contributed by atoms with E-state index in [4.69, 9.17) is 4.74 Å². The van der Waals surface area contributed by atoms with Crippen LogP contribution in [0.1, 0.15) is 18.1 Å². The number of carbonyl (C=O) groups excluding carboxylic acids is 3. The molecule has 3 rings (SSSR count). The molecule has 1 atom stereocenters. The van der Waals surface area contributed by atoms with Gasteiger partial charge in [0.2, 0.25) is 5.91 Å². The van der Waals surface area contributed by atoms with E-state index in [0.29, 0.717) is 11.3 Å². The van der Waals surface area contributed by atoms with Crippen molar-refractivity contribution in [3.05, 3.63) is 65.5 Å². The lowest BCUT2D eigenvalue weighted by molar-refractivity contribution is -0.134. The van der Waals surface area contributed by atoms with E-state index >= 15 is 0 Å². The fraction of sp³-hybridized carbons (Fsp3) is 0.250. The number of methoxy groups -OCH3 is 1. The molecule has 146 valence electrons. The van der Waals surface area contributed by atoms with Crippen LogP contribution in [0, 0.1) is 5.82 Å². The summed E-state index contributed by atoms with van der Waals surface area (Å²) in [5, 5.41) is 5.25. The van der Waals surface area contributed by atoms with Crippen molar-refractivity contribution in [1.82, 2.24) is 15.5 Å². The molecule has 2 aromatic carbocycles. The van der Waals surface area contributed by atoms with Gasteiger partial charge in [0.25, 0.3) is 5.91 Å². The van der Waals surface area contributed by atoms with Gasteiger partial charge in [-0.1, -0.05) is 24.3 Å². The Labute approximate surface area is 161 Å². The average molecular weight is 385 g/mol. The second-order valence-corrected chi connectivity index (χ2v) is 6.58. The summed E-state index contributed by atoms with van der Waals surface area (Å²) >= 11 is 0. The van der Waals surface area contributed by atoms with Crippen molar-refractivity contribution in [2.45, 2.75) is 19.0 Å². The van der Waals surface area contributed by atoms with E-state index in [9.17, 15) is 18.8 Å². The Morgan fingerprint density at radius 1 is 1.14 bits per heavy atom. The number of amides is 4. The molecule has 0 saturated carbocycles. The van der Waals surface area contributed by atoms with E-state index in [0.717, 1.165) is 10.5 Å². The summed E-state index contributed by atoms with van der Waals surface area (Å²) in [7, 11) is 1.56. The molecule has 2 aromatic rings. The molecule has 0 radical (unpaired) electrons. The monoisotopic (exact) mass is 385 g/mol. The molecule has 0 aromatic heterocycles. The molecule has 0 spiro atoms. The summed E-state index contributed by atoms with van der Waals surface area (Å²) in [6.07, 6.45) is 0. The van der Waals surface area contributed by atoms with Crippen LogP contribution in [0.5, 0.6) is 5.75 Å². The predicted molar refractivity (Wildman–Crippen MR) is 98.8 cm³/mol. The van der Waals surface area contributed by atoms with E-state index in [2.05, 4.69) is 10.6 Å². The summed E-state index contributed by atoms with van der Waals surface area (Å²) in [6, 6.07) is 11.8. The lowest BCUT2D eigenvalue weighted by atomic mass is 9.92. The molecule has 8 heteroatoms. The first-order valence-electron chi connectivity index (χ1n) is 8.63. The Balaban J connectivity index is 1.63. The zero-order valence-corrected chi connectivity index (χ0v) is 15.5. The fourth-order valence-corrected chi connectivity index (χ4v) is 2.96. The number of rotatable bonds is 6. The molecule has 0 aliphatic carbocycles. The molecule has 1 heterocycles. The van der Waals surface area contributed by atoms with Crippen LogP contribution < -0.4 is 15.4 Å². The molecule has 1 fully saturated rings.